The molecule has 2 N–H and O–H groups in total. The Balaban J connectivity index is 1.89. The number of benzene rings is 3. The number of carbonyl (C=O) groups is 1. The smallest absolute Gasteiger partial charge is 0.406 e. The van der Waals surface area contributed by atoms with Crippen LogP contribution in [0.25, 0.3) is 0 Å². The number of rotatable bonds is 8. The Hall–Kier alpha value is -4.33. The van der Waals surface area contributed by atoms with E-state index < -0.39 is 35.8 Å². The molecule has 14 heteroatoms. The minimum atomic E-state index is -5.01. The normalized spacial score (nSPS) is 12.1. The number of alkyl halides is 6. The zero-order valence-corrected chi connectivity index (χ0v) is 21.3. The quantitative estimate of drug-likeness (QED) is 0.220. The molecule has 0 radical (unpaired) electrons. The third-order valence-corrected chi connectivity index (χ3v) is 6.26. The molecule has 0 aliphatic carbocycles. The van der Waals surface area contributed by atoms with E-state index in [0.717, 1.165) is 35.6 Å². The summed E-state index contributed by atoms with van der Waals surface area (Å²) in [7, 11) is 0. The van der Waals surface area contributed by atoms with E-state index in [9.17, 15) is 31.1 Å². The number of hydrogen-bond donors (Lipinski definition) is 2. The number of amides is 2. The first-order valence-electron chi connectivity index (χ1n) is 11.5. The molecule has 210 valence electrons. The molecular weight excluding hydrogens is 562 g/mol. The molecule has 0 fully saturated rings. The average molecular weight is 583 g/mol. The number of aryl methyl sites for hydroxylation is 1. The van der Waals surface area contributed by atoms with Gasteiger partial charge in [-0.15, -0.1) is 36.5 Å². The fourth-order valence-electron chi connectivity index (χ4n) is 4.05. The van der Waals surface area contributed by atoms with Gasteiger partial charge in [-0.2, -0.15) is 0 Å². The van der Waals surface area contributed by atoms with Gasteiger partial charge in [0.25, 0.3) is 0 Å². The van der Waals surface area contributed by atoms with Crippen molar-refractivity contribution >= 4 is 22.5 Å². The zero-order valence-electron chi connectivity index (χ0n) is 20.5. The number of nitrogens with zero attached hydrogens (tertiary/aromatic N) is 2. The fourth-order valence-corrected chi connectivity index (χ4v) is 4.63. The highest BCUT2D eigenvalue weighted by Gasteiger charge is 2.39. The molecule has 0 unspecified atom stereocenters. The summed E-state index contributed by atoms with van der Waals surface area (Å²) >= 11 is 1.07. The van der Waals surface area contributed by atoms with Crippen molar-refractivity contribution < 1.29 is 40.6 Å². The highest BCUT2D eigenvalue weighted by atomic mass is 32.1. The van der Waals surface area contributed by atoms with Crippen LogP contribution in [0, 0.1) is 6.92 Å². The molecule has 0 saturated heterocycles. The van der Waals surface area contributed by atoms with Crippen LogP contribution in [0.5, 0.6) is 11.5 Å². The number of nitrogens with one attached hydrogen (secondary N) is 2. The first-order valence-corrected chi connectivity index (χ1v) is 12.3. The fraction of sp³-hybridized carbons (Fsp3) is 0.192. The molecule has 0 bridgehead atoms. The first-order chi connectivity index (χ1) is 18.8. The van der Waals surface area contributed by atoms with Gasteiger partial charge in [-0.25, -0.2) is 4.79 Å². The molecular formula is C26H20F6N4O3S. The molecule has 1 aromatic heterocycles. The Morgan fingerprint density at radius 3 is 1.82 bits per heavy atom. The lowest BCUT2D eigenvalue weighted by Crippen LogP contribution is -2.50. The second-order valence-electron chi connectivity index (χ2n) is 8.42. The molecule has 4 aromatic rings. The number of hydrogen-bond acceptors (Lipinski definition) is 6. The first kappa shape index (κ1) is 28.7. The van der Waals surface area contributed by atoms with E-state index in [1.807, 2.05) is 0 Å². The van der Waals surface area contributed by atoms with Gasteiger partial charge in [0.15, 0.2) is 0 Å². The summed E-state index contributed by atoms with van der Waals surface area (Å²) in [5, 5.41) is 13.6. The van der Waals surface area contributed by atoms with E-state index in [1.165, 1.54) is 24.3 Å². The lowest BCUT2D eigenvalue weighted by atomic mass is 9.77. The Morgan fingerprint density at radius 2 is 1.35 bits per heavy atom. The van der Waals surface area contributed by atoms with Crippen molar-refractivity contribution in [2.45, 2.75) is 31.6 Å². The van der Waals surface area contributed by atoms with Crippen molar-refractivity contribution in [3.05, 3.63) is 101 Å². The van der Waals surface area contributed by atoms with Crippen molar-refractivity contribution in [2.75, 3.05) is 5.32 Å². The summed E-state index contributed by atoms with van der Waals surface area (Å²) in [6.45, 7) is 1.67. The third kappa shape index (κ3) is 7.62. The van der Waals surface area contributed by atoms with Gasteiger partial charge in [0.05, 0.1) is 5.54 Å². The van der Waals surface area contributed by atoms with Crippen LogP contribution < -0.4 is 20.1 Å². The Bertz CT molecular complexity index is 1400. The second kappa shape index (κ2) is 11.4. The van der Waals surface area contributed by atoms with Crippen molar-refractivity contribution in [3.8, 4) is 11.5 Å². The largest absolute Gasteiger partial charge is 0.573 e. The molecule has 0 aliphatic heterocycles. The molecule has 0 spiro atoms. The topological polar surface area (TPSA) is 85.4 Å². The van der Waals surface area contributed by atoms with E-state index >= 15 is 0 Å². The van der Waals surface area contributed by atoms with Gasteiger partial charge in [0, 0.05) is 6.42 Å². The summed E-state index contributed by atoms with van der Waals surface area (Å²) in [6, 6.07) is 17.4. The lowest BCUT2D eigenvalue weighted by Gasteiger charge is -2.36. The van der Waals surface area contributed by atoms with E-state index in [1.54, 1.807) is 37.3 Å². The number of ether oxygens (including phenoxy) is 2. The summed E-state index contributed by atoms with van der Waals surface area (Å²) in [6.07, 6.45) is -10.1. The van der Waals surface area contributed by atoms with Gasteiger partial charge < -0.3 is 14.8 Å². The summed E-state index contributed by atoms with van der Waals surface area (Å²) < 4.78 is 86.6. The number of halogens is 6. The van der Waals surface area contributed by atoms with Crippen LogP contribution in [0.3, 0.4) is 0 Å². The second-order valence-corrected chi connectivity index (χ2v) is 9.61. The van der Waals surface area contributed by atoms with Gasteiger partial charge in [-0.3, -0.25) is 5.32 Å². The molecule has 0 aliphatic rings. The molecule has 0 atom stereocenters. The predicted molar refractivity (Wildman–Crippen MR) is 134 cm³/mol. The molecule has 1 heterocycles. The van der Waals surface area contributed by atoms with Crippen molar-refractivity contribution in [3.63, 3.8) is 0 Å². The lowest BCUT2D eigenvalue weighted by molar-refractivity contribution is -0.275. The molecule has 40 heavy (non-hydrogen) atoms. The van der Waals surface area contributed by atoms with E-state index in [2.05, 4.69) is 30.3 Å². The number of aromatic nitrogens is 2. The summed E-state index contributed by atoms with van der Waals surface area (Å²) in [5.74, 6) is -1.18. The van der Waals surface area contributed by atoms with Gasteiger partial charge >= 0.3 is 18.8 Å². The highest BCUT2D eigenvalue weighted by Crippen LogP contribution is 2.38. The number of anilines is 1. The highest BCUT2D eigenvalue weighted by molar-refractivity contribution is 7.15. The van der Waals surface area contributed by atoms with Crippen LogP contribution in [0.4, 0.5) is 36.3 Å². The van der Waals surface area contributed by atoms with Crippen molar-refractivity contribution in [2.24, 2.45) is 0 Å². The van der Waals surface area contributed by atoms with E-state index in [0.29, 0.717) is 10.6 Å². The predicted octanol–water partition coefficient (Wildman–Crippen LogP) is 6.95. The number of urea groups is 1. The van der Waals surface area contributed by atoms with Gasteiger partial charge in [-0.1, -0.05) is 65.9 Å². The molecule has 3 aromatic carbocycles. The third-order valence-electron chi connectivity index (χ3n) is 5.51. The zero-order chi connectivity index (χ0) is 29.0. The van der Waals surface area contributed by atoms with Gasteiger partial charge in [0.2, 0.25) is 5.13 Å². The maximum atomic E-state index is 13.3. The van der Waals surface area contributed by atoms with Crippen LogP contribution in [-0.2, 0) is 12.0 Å². The van der Waals surface area contributed by atoms with E-state index in [4.69, 9.17) is 0 Å². The van der Waals surface area contributed by atoms with Crippen LogP contribution in [-0.4, -0.2) is 29.0 Å². The maximum Gasteiger partial charge on any atom is 0.573 e. The van der Waals surface area contributed by atoms with Crippen molar-refractivity contribution in [1.29, 1.82) is 0 Å². The summed E-state index contributed by atoms with van der Waals surface area (Å²) in [5.41, 5.74) is -0.934. The molecule has 4 rings (SSSR count). The summed E-state index contributed by atoms with van der Waals surface area (Å²) in [4.78, 5) is 13.3. The standard InChI is InChI=1S/C26H20F6N4O3S/c1-16-35-36-23(40-16)33-22(37)34-24(15-17-7-3-2-4-8-17,18-9-5-11-20(13-18)38-25(27,28)29)19-10-6-12-21(14-19)39-26(30,31)32/h2-14H,15H2,1H3,(H2,33,34,36,37). The van der Waals surface area contributed by atoms with Crippen molar-refractivity contribution in [1.82, 2.24) is 15.5 Å². The number of carbonyl (C=O) groups excluding carboxylic acids is 1. The van der Waals surface area contributed by atoms with Gasteiger partial charge in [0.1, 0.15) is 16.5 Å². The minimum absolute atomic E-state index is 0.0820. The molecule has 2 amide bonds. The monoisotopic (exact) mass is 582 g/mol. The Labute approximate surface area is 227 Å². The SMILES string of the molecule is Cc1nnc(NC(=O)NC(Cc2ccccc2)(c2cccc(OC(F)(F)F)c2)c2cccc(OC(F)(F)F)c2)s1. The van der Waals surface area contributed by atoms with Crippen LogP contribution in [0.1, 0.15) is 21.7 Å². The van der Waals surface area contributed by atoms with E-state index in [-0.39, 0.29) is 22.7 Å². The Kier molecular flexibility index (Phi) is 8.18. The maximum absolute atomic E-state index is 13.3. The van der Waals surface area contributed by atoms with Crippen LogP contribution in [0.2, 0.25) is 0 Å². The Morgan fingerprint density at radius 1 is 0.800 bits per heavy atom. The molecule has 0 saturated carbocycles. The average Bonchev–Trinajstić information content (AvgIpc) is 3.26. The van der Waals surface area contributed by atoms with Crippen LogP contribution in [0.15, 0.2) is 78.9 Å². The van der Waals surface area contributed by atoms with Crippen LogP contribution >= 0.6 is 11.3 Å². The minimum Gasteiger partial charge on any atom is -0.406 e. The molecule has 7 nitrogen and oxygen atoms in total. The van der Waals surface area contributed by atoms with Gasteiger partial charge in [-0.05, 0) is 47.9 Å².